The van der Waals surface area contributed by atoms with Crippen LogP contribution >= 0.6 is 11.3 Å². The molecule has 0 spiro atoms. The zero-order chi connectivity index (χ0) is 14.0. The Labute approximate surface area is 114 Å². The van der Waals surface area contributed by atoms with Crippen molar-refractivity contribution in [1.82, 2.24) is 4.98 Å². The average molecular weight is 272 g/mol. The molecule has 19 heavy (non-hydrogen) atoms. The van der Waals surface area contributed by atoms with Crippen LogP contribution in [0.1, 0.15) is 20.9 Å². The fourth-order valence-electron chi connectivity index (χ4n) is 1.74. The summed E-state index contributed by atoms with van der Waals surface area (Å²) in [7, 11) is 1.63. The number of anilines is 2. The lowest BCUT2D eigenvalue weighted by Gasteiger charge is -2.17. The van der Waals surface area contributed by atoms with Gasteiger partial charge in [0.1, 0.15) is 10.9 Å². The number of aromatic nitrogens is 1. The fraction of sp³-hybridized carbons (Fsp3) is 0.154. The first-order valence-corrected chi connectivity index (χ1v) is 6.36. The number of benzene rings is 1. The Balaban J connectivity index is 2.40. The number of nitrogens with two attached hydrogens (primary N) is 1. The summed E-state index contributed by atoms with van der Waals surface area (Å²) >= 11 is 1.15. The molecule has 2 N–H and O–H groups in total. The molecular weight excluding hydrogens is 260 g/mol. The molecule has 0 saturated heterocycles. The minimum Gasteiger partial charge on any atom is -0.375 e. The van der Waals surface area contributed by atoms with Crippen LogP contribution in [0.15, 0.2) is 24.3 Å². The number of amides is 1. The topological polar surface area (TPSA) is 83.0 Å². The summed E-state index contributed by atoms with van der Waals surface area (Å²) in [5.41, 5.74) is 7.22. The Morgan fingerprint density at radius 2 is 2.16 bits per heavy atom. The van der Waals surface area contributed by atoms with Gasteiger partial charge in [0, 0.05) is 7.05 Å². The highest BCUT2D eigenvalue weighted by Gasteiger charge is 2.20. The van der Waals surface area contributed by atoms with Crippen LogP contribution in [0.5, 0.6) is 0 Å². The second-order valence-electron chi connectivity index (χ2n) is 3.96. The lowest BCUT2D eigenvalue weighted by atomic mass is 10.1. The molecule has 1 amide bonds. The zero-order valence-corrected chi connectivity index (χ0v) is 11.4. The van der Waals surface area contributed by atoms with Crippen LogP contribution in [0.3, 0.4) is 0 Å². The van der Waals surface area contributed by atoms with Crippen LogP contribution in [0.25, 0.3) is 0 Å². The first-order chi connectivity index (χ1) is 9.04. The van der Waals surface area contributed by atoms with E-state index in [1.165, 1.54) is 4.90 Å². The van der Waals surface area contributed by atoms with Crippen molar-refractivity contribution in [2.45, 2.75) is 6.92 Å². The Bertz CT molecular complexity index is 672. The molecule has 0 aliphatic heterocycles. The molecule has 1 heterocycles. The van der Waals surface area contributed by atoms with Crippen LogP contribution in [-0.4, -0.2) is 17.9 Å². The molecule has 5 nitrogen and oxygen atoms in total. The molecule has 1 aromatic heterocycles. The molecule has 2 rings (SSSR count). The van der Waals surface area contributed by atoms with Crippen molar-refractivity contribution in [2.75, 3.05) is 17.7 Å². The van der Waals surface area contributed by atoms with Crippen molar-refractivity contribution < 1.29 is 4.79 Å². The molecular formula is C13H12N4OS. The van der Waals surface area contributed by atoms with E-state index in [2.05, 4.69) is 11.1 Å². The Morgan fingerprint density at radius 1 is 1.47 bits per heavy atom. The number of hydrogen-bond donors (Lipinski definition) is 1. The van der Waals surface area contributed by atoms with Gasteiger partial charge in [-0.25, -0.2) is 4.98 Å². The standard InChI is InChI=1S/C13H12N4OS/c1-8-11(19-13(15)16-8)12(18)17(2)10-6-4-3-5-9(10)7-14/h3-6H,1-2H3,(H2,15,16). The summed E-state index contributed by atoms with van der Waals surface area (Å²) in [6.45, 7) is 1.74. The van der Waals surface area contributed by atoms with Crippen molar-refractivity contribution in [3.05, 3.63) is 40.4 Å². The van der Waals surface area contributed by atoms with Crippen LogP contribution in [0, 0.1) is 18.3 Å². The van der Waals surface area contributed by atoms with E-state index in [0.29, 0.717) is 27.0 Å². The van der Waals surface area contributed by atoms with E-state index in [-0.39, 0.29) is 5.91 Å². The number of thiazole rings is 1. The van der Waals surface area contributed by atoms with E-state index in [0.717, 1.165) is 11.3 Å². The van der Waals surface area contributed by atoms with Crippen molar-refractivity contribution in [3.8, 4) is 6.07 Å². The van der Waals surface area contributed by atoms with E-state index >= 15 is 0 Å². The minimum absolute atomic E-state index is 0.214. The monoisotopic (exact) mass is 272 g/mol. The Kier molecular flexibility index (Phi) is 3.49. The third-order valence-corrected chi connectivity index (χ3v) is 3.67. The molecule has 2 aromatic rings. The summed E-state index contributed by atoms with van der Waals surface area (Å²) < 4.78 is 0. The van der Waals surface area contributed by atoms with Gasteiger partial charge in [0.15, 0.2) is 5.13 Å². The first-order valence-electron chi connectivity index (χ1n) is 5.54. The van der Waals surface area contributed by atoms with Gasteiger partial charge in [-0.2, -0.15) is 5.26 Å². The van der Waals surface area contributed by atoms with Gasteiger partial charge < -0.3 is 10.6 Å². The van der Waals surface area contributed by atoms with Gasteiger partial charge in [-0.05, 0) is 19.1 Å². The van der Waals surface area contributed by atoms with E-state index in [4.69, 9.17) is 11.0 Å². The van der Waals surface area contributed by atoms with Crippen molar-refractivity contribution in [2.24, 2.45) is 0 Å². The van der Waals surface area contributed by atoms with Crippen molar-refractivity contribution in [1.29, 1.82) is 5.26 Å². The Morgan fingerprint density at radius 3 is 2.74 bits per heavy atom. The average Bonchev–Trinajstić information content (AvgIpc) is 2.76. The number of carbonyl (C=O) groups excluding carboxylic acids is 1. The lowest BCUT2D eigenvalue weighted by molar-refractivity contribution is 0.0996. The number of aryl methyl sites for hydroxylation is 1. The summed E-state index contributed by atoms with van der Waals surface area (Å²) in [6.07, 6.45) is 0. The van der Waals surface area contributed by atoms with Gasteiger partial charge in [0.05, 0.1) is 16.9 Å². The van der Waals surface area contributed by atoms with E-state index in [1.54, 1.807) is 38.2 Å². The van der Waals surface area contributed by atoms with Gasteiger partial charge in [-0.15, -0.1) is 0 Å². The molecule has 0 aliphatic rings. The van der Waals surface area contributed by atoms with Gasteiger partial charge in [-0.1, -0.05) is 23.5 Å². The highest BCUT2D eigenvalue weighted by Crippen LogP contribution is 2.25. The predicted octanol–water partition coefficient (Wildman–Crippen LogP) is 2.18. The quantitative estimate of drug-likeness (QED) is 0.908. The summed E-state index contributed by atoms with van der Waals surface area (Å²) in [6, 6.07) is 9.02. The minimum atomic E-state index is -0.214. The van der Waals surface area contributed by atoms with Gasteiger partial charge >= 0.3 is 0 Å². The third kappa shape index (κ3) is 2.41. The van der Waals surface area contributed by atoms with Gasteiger partial charge in [0.25, 0.3) is 5.91 Å². The van der Waals surface area contributed by atoms with E-state index in [9.17, 15) is 4.79 Å². The smallest absolute Gasteiger partial charge is 0.270 e. The molecule has 0 radical (unpaired) electrons. The largest absolute Gasteiger partial charge is 0.375 e. The predicted molar refractivity (Wildman–Crippen MR) is 75.2 cm³/mol. The summed E-state index contributed by atoms with van der Waals surface area (Å²) in [4.78, 5) is 18.3. The SMILES string of the molecule is Cc1nc(N)sc1C(=O)N(C)c1ccccc1C#N. The number of nitriles is 1. The van der Waals surface area contributed by atoms with Crippen molar-refractivity contribution >= 4 is 28.1 Å². The fourth-order valence-corrected chi connectivity index (χ4v) is 2.55. The summed E-state index contributed by atoms with van der Waals surface area (Å²) in [5.74, 6) is -0.214. The number of hydrogen-bond acceptors (Lipinski definition) is 5. The maximum atomic E-state index is 12.4. The molecule has 0 saturated carbocycles. The van der Waals surface area contributed by atoms with Crippen LogP contribution in [0.4, 0.5) is 10.8 Å². The normalized spacial score (nSPS) is 9.95. The summed E-state index contributed by atoms with van der Waals surface area (Å²) in [5, 5.41) is 9.42. The number of nitrogens with zero attached hydrogens (tertiary/aromatic N) is 3. The molecule has 0 unspecified atom stereocenters. The molecule has 0 atom stereocenters. The molecule has 0 aliphatic carbocycles. The van der Waals surface area contributed by atoms with Gasteiger partial charge in [-0.3, -0.25) is 4.79 Å². The Hall–Kier alpha value is -2.39. The second kappa shape index (κ2) is 5.08. The maximum absolute atomic E-state index is 12.4. The molecule has 6 heteroatoms. The molecule has 0 bridgehead atoms. The van der Waals surface area contributed by atoms with Gasteiger partial charge in [0.2, 0.25) is 0 Å². The number of nitrogen functional groups attached to an aromatic ring is 1. The second-order valence-corrected chi connectivity index (χ2v) is 4.99. The molecule has 0 fully saturated rings. The van der Waals surface area contributed by atoms with Crippen LogP contribution < -0.4 is 10.6 Å². The first kappa shape index (κ1) is 13.1. The molecule has 96 valence electrons. The third-order valence-electron chi connectivity index (χ3n) is 2.70. The van der Waals surface area contributed by atoms with E-state index in [1.807, 2.05) is 0 Å². The molecule has 1 aromatic carbocycles. The number of para-hydroxylation sites is 1. The van der Waals surface area contributed by atoms with Crippen molar-refractivity contribution in [3.63, 3.8) is 0 Å². The maximum Gasteiger partial charge on any atom is 0.270 e. The number of carbonyl (C=O) groups is 1. The zero-order valence-electron chi connectivity index (χ0n) is 10.5. The highest BCUT2D eigenvalue weighted by molar-refractivity contribution is 7.17. The lowest BCUT2D eigenvalue weighted by Crippen LogP contribution is -2.26. The van der Waals surface area contributed by atoms with Crippen LogP contribution in [0.2, 0.25) is 0 Å². The number of rotatable bonds is 2. The highest BCUT2D eigenvalue weighted by atomic mass is 32.1. The van der Waals surface area contributed by atoms with E-state index < -0.39 is 0 Å². The van der Waals surface area contributed by atoms with Crippen LogP contribution in [-0.2, 0) is 0 Å².